The number of nitrogens with one attached hydrogen (secondary N) is 1. The molecule has 0 aliphatic carbocycles. The van der Waals surface area contributed by atoms with Gasteiger partial charge in [-0.05, 0) is 25.0 Å². The lowest BCUT2D eigenvalue weighted by molar-refractivity contribution is -0.929. The number of aryl methyl sites for hydroxylation is 2. The van der Waals surface area contributed by atoms with E-state index in [-0.39, 0.29) is 6.04 Å². The number of sulfonamides is 1. The molecule has 1 saturated heterocycles. The molecule has 4 rings (SSSR count). The maximum atomic E-state index is 13.5. The van der Waals surface area contributed by atoms with E-state index in [1.54, 1.807) is 17.5 Å². The lowest BCUT2D eigenvalue weighted by Crippen LogP contribution is -3.15. The van der Waals surface area contributed by atoms with Gasteiger partial charge in [0.15, 0.2) is 0 Å². The number of benzene rings is 3. The Balaban J connectivity index is 1.58. The number of rotatable bonds is 6. The molecular weight excluding hydrogens is 420 g/mol. The highest BCUT2D eigenvalue weighted by Crippen LogP contribution is 2.28. The SMILES string of the molecule is COc1cc(S(=O)(=O)N2CC[NH+](C(c3ccccc3)c3ccccc3)CC2)c(C)cc1C. The fourth-order valence-corrected chi connectivity index (χ4v) is 6.37. The monoisotopic (exact) mass is 451 g/mol. The summed E-state index contributed by atoms with van der Waals surface area (Å²) in [7, 11) is -2.01. The molecule has 32 heavy (non-hydrogen) atoms. The molecule has 0 spiro atoms. The molecule has 1 fully saturated rings. The third-order valence-corrected chi connectivity index (χ3v) is 8.39. The van der Waals surface area contributed by atoms with E-state index in [9.17, 15) is 8.42 Å². The molecule has 3 aromatic rings. The van der Waals surface area contributed by atoms with Gasteiger partial charge >= 0.3 is 0 Å². The minimum absolute atomic E-state index is 0.184. The molecule has 0 saturated carbocycles. The van der Waals surface area contributed by atoms with Crippen LogP contribution in [-0.4, -0.2) is 46.0 Å². The normalized spacial score (nSPS) is 15.8. The molecular formula is C26H31N2O3S+. The minimum Gasteiger partial charge on any atom is -0.496 e. The molecule has 1 N–H and O–H groups in total. The molecule has 1 aliphatic rings. The highest BCUT2D eigenvalue weighted by molar-refractivity contribution is 7.89. The Morgan fingerprint density at radius 1 is 0.844 bits per heavy atom. The molecule has 0 atom stereocenters. The van der Waals surface area contributed by atoms with Crippen molar-refractivity contribution >= 4 is 10.0 Å². The van der Waals surface area contributed by atoms with Gasteiger partial charge in [-0.2, -0.15) is 4.31 Å². The number of hydrogen-bond donors (Lipinski definition) is 1. The van der Waals surface area contributed by atoms with Crippen LogP contribution in [0.3, 0.4) is 0 Å². The number of methoxy groups -OCH3 is 1. The van der Waals surface area contributed by atoms with Gasteiger partial charge in [0.2, 0.25) is 10.0 Å². The number of ether oxygens (including phenoxy) is 1. The summed E-state index contributed by atoms with van der Waals surface area (Å²) in [5.41, 5.74) is 4.20. The van der Waals surface area contributed by atoms with Crippen LogP contribution in [-0.2, 0) is 10.0 Å². The Kier molecular flexibility index (Phi) is 6.65. The number of piperazine rings is 1. The second-order valence-electron chi connectivity index (χ2n) is 8.40. The summed E-state index contributed by atoms with van der Waals surface area (Å²) in [5.74, 6) is 0.603. The van der Waals surface area contributed by atoms with Gasteiger partial charge in [-0.15, -0.1) is 0 Å². The number of nitrogens with zero attached hydrogens (tertiary/aromatic N) is 1. The van der Waals surface area contributed by atoms with Gasteiger partial charge in [-0.1, -0.05) is 66.7 Å². The van der Waals surface area contributed by atoms with Crippen LogP contribution in [0.5, 0.6) is 5.75 Å². The summed E-state index contributed by atoms with van der Waals surface area (Å²) in [6.07, 6.45) is 0. The van der Waals surface area contributed by atoms with E-state index in [0.29, 0.717) is 23.7 Å². The van der Waals surface area contributed by atoms with Crippen LogP contribution >= 0.6 is 0 Å². The zero-order valence-corrected chi connectivity index (χ0v) is 19.7. The van der Waals surface area contributed by atoms with Crippen LogP contribution in [0.15, 0.2) is 77.7 Å². The van der Waals surface area contributed by atoms with E-state index in [2.05, 4.69) is 48.5 Å². The Bertz CT molecular complexity index is 1120. The summed E-state index contributed by atoms with van der Waals surface area (Å²) < 4.78 is 33.9. The van der Waals surface area contributed by atoms with E-state index < -0.39 is 10.0 Å². The average molecular weight is 452 g/mol. The lowest BCUT2D eigenvalue weighted by atomic mass is 9.96. The molecule has 5 nitrogen and oxygen atoms in total. The van der Waals surface area contributed by atoms with Crippen molar-refractivity contribution in [2.45, 2.75) is 24.8 Å². The van der Waals surface area contributed by atoms with Gasteiger partial charge in [0.1, 0.15) is 11.8 Å². The van der Waals surface area contributed by atoms with Crippen molar-refractivity contribution in [1.29, 1.82) is 0 Å². The van der Waals surface area contributed by atoms with Crippen LogP contribution < -0.4 is 9.64 Å². The molecule has 0 radical (unpaired) electrons. The zero-order valence-electron chi connectivity index (χ0n) is 18.9. The topological polar surface area (TPSA) is 51.1 Å². The first-order valence-electron chi connectivity index (χ1n) is 11.0. The number of quaternary nitrogens is 1. The van der Waals surface area contributed by atoms with Crippen molar-refractivity contribution in [2.75, 3.05) is 33.3 Å². The molecule has 0 amide bonds. The van der Waals surface area contributed by atoms with E-state index in [0.717, 1.165) is 24.2 Å². The highest BCUT2D eigenvalue weighted by atomic mass is 32.2. The van der Waals surface area contributed by atoms with Crippen LogP contribution in [0.25, 0.3) is 0 Å². The first-order valence-corrected chi connectivity index (χ1v) is 12.5. The summed E-state index contributed by atoms with van der Waals surface area (Å²) in [4.78, 5) is 1.72. The second kappa shape index (κ2) is 9.45. The summed E-state index contributed by atoms with van der Waals surface area (Å²) in [6, 6.07) is 24.7. The van der Waals surface area contributed by atoms with Crippen LogP contribution in [0.4, 0.5) is 0 Å². The van der Waals surface area contributed by atoms with Crippen molar-refractivity contribution in [3.63, 3.8) is 0 Å². The molecule has 0 bridgehead atoms. The average Bonchev–Trinajstić information content (AvgIpc) is 2.81. The number of hydrogen-bond acceptors (Lipinski definition) is 3. The standard InChI is InChI=1S/C26H30N2O3S/c1-20-18-21(2)25(19-24(20)31-3)32(29,30)28-16-14-27(15-17-28)26(22-10-6-4-7-11-22)23-12-8-5-9-13-23/h4-13,18-19,26H,14-17H2,1-3H3/p+1. The van der Waals surface area contributed by atoms with Crippen molar-refractivity contribution in [1.82, 2.24) is 4.31 Å². The maximum absolute atomic E-state index is 13.5. The van der Waals surface area contributed by atoms with Crippen LogP contribution in [0.1, 0.15) is 28.3 Å². The van der Waals surface area contributed by atoms with E-state index >= 15 is 0 Å². The fourth-order valence-electron chi connectivity index (χ4n) is 4.71. The second-order valence-corrected chi connectivity index (χ2v) is 10.3. The smallest absolute Gasteiger partial charge is 0.243 e. The van der Waals surface area contributed by atoms with E-state index in [4.69, 9.17) is 4.74 Å². The van der Waals surface area contributed by atoms with Crippen LogP contribution in [0, 0.1) is 13.8 Å². The van der Waals surface area contributed by atoms with Gasteiger partial charge in [0.25, 0.3) is 0 Å². The first-order chi connectivity index (χ1) is 15.4. The van der Waals surface area contributed by atoms with Gasteiger partial charge in [0.05, 0.1) is 38.2 Å². The first kappa shape index (κ1) is 22.5. The van der Waals surface area contributed by atoms with Crippen LogP contribution in [0.2, 0.25) is 0 Å². The maximum Gasteiger partial charge on any atom is 0.243 e. The lowest BCUT2D eigenvalue weighted by Gasteiger charge is -2.36. The Morgan fingerprint density at radius 2 is 1.38 bits per heavy atom. The quantitative estimate of drug-likeness (QED) is 0.627. The molecule has 6 heteroatoms. The Hall–Kier alpha value is -2.67. The molecule has 1 aliphatic heterocycles. The predicted molar refractivity (Wildman–Crippen MR) is 127 cm³/mol. The Morgan fingerprint density at radius 3 is 1.88 bits per heavy atom. The summed E-state index contributed by atoms with van der Waals surface area (Å²) >= 11 is 0. The Labute approximate surface area is 191 Å². The third-order valence-electron chi connectivity index (χ3n) is 6.35. The molecule has 168 valence electrons. The van der Waals surface area contributed by atoms with Gasteiger partial charge in [-0.3, -0.25) is 0 Å². The van der Waals surface area contributed by atoms with E-state index in [1.165, 1.54) is 16.0 Å². The van der Waals surface area contributed by atoms with Gasteiger partial charge in [-0.25, -0.2) is 8.42 Å². The fraction of sp³-hybridized carbons (Fsp3) is 0.308. The molecule has 0 aromatic heterocycles. The minimum atomic E-state index is -3.58. The largest absolute Gasteiger partial charge is 0.496 e. The van der Waals surface area contributed by atoms with Crippen molar-refractivity contribution in [3.8, 4) is 5.75 Å². The van der Waals surface area contributed by atoms with Crippen molar-refractivity contribution in [3.05, 3.63) is 95.1 Å². The van der Waals surface area contributed by atoms with Crippen molar-refractivity contribution in [2.24, 2.45) is 0 Å². The molecule has 3 aromatic carbocycles. The summed E-state index contributed by atoms with van der Waals surface area (Å²) in [6.45, 7) is 6.25. The third kappa shape index (κ3) is 4.44. The van der Waals surface area contributed by atoms with Gasteiger partial charge < -0.3 is 9.64 Å². The van der Waals surface area contributed by atoms with Gasteiger partial charge in [0, 0.05) is 17.2 Å². The van der Waals surface area contributed by atoms with Crippen molar-refractivity contribution < 1.29 is 18.1 Å². The predicted octanol–water partition coefficient (Wildman–Crippen LogP) is 2.99. The molecule has 0 unspecified atom stereocenters. The summed E-state index contributed by atoms with van der Waals surface area (Å²) in [5, 5.41) is 0. The highest BCUT2D eigenvalue weighted by Gasteiger charge is 2.35. The zero-order chi connectivity index (χ0) is 22.7. The van der Waals surface area contributed by atoms with E-state index in [1.807, 2.05) is 32.0 Å². The molecule has 1 heterocycles.